The van der Waals surface area contributed by atoms with E-state index in [2.05, 4.69) is 15.0 Å². The predicted molar refractivity (Wildman–Crippen MR) is 68.5 cm³/mol. The fourth-order valence-corrected chi connectivity index (χ4v) is 2.47. The number of imidazole rings is 1. The van der Waals surface area contributed by atoms with Crippen LogP contribution in [0.25, 0.3) is 4.96 Å². The van der Waals surface area contributed by atoms with Gasteiger partial charge in [-0.05, 0) is 6.92 Å². The first kappa shape index (κ1) is 11.3. The zero-order valence-electron chi connectivity index (χ0n) is 9.82. The predicted octanol–water partition coefficient (Wildman–Crippen LogP) is 1.77. The van der Waals surface area contributed by atoms with Gasteiger partial charge in [-0.3, -0.25) is 14.4 Å². The SMILES string of the molecule is Cc1cnc(C(O)Cc2cn3ccsc3n2)cn1. The van der Waals surface area contributed by atoms with Crippen LogP contribution in [0.5, 0.6) is 0 Å². The van der Waals surface area contributed by atoms with E-state index in [9.17, 15) is 5.11 Å². The quantitative estimate of drug-likeness (QED) is 0.779. The van der Waals surface area contributed by atoms with Crippen LogP contribution in [-0.2, 0) is 6.42 Å². The van der Waals surface area contributed by atoms with Crippen molar-refractivity contribution < 1.29 is 5.11 Å². The van der Waals surface area contributed by atoms with Gasteiger partial charge in [0, 0.05) is 30.4 Å². The van der Waals surface area contributed by atoms with Gasteiger partial charge in [-0.2, -0.15) is 0 Å². The van der Waals surface area contributed by atoms with Gasteiger partial charge in [0.05, 0.1) is 23.3 Å². The van der Waals surface area contributed by atoms with E-state index < -0.39 is 6.10 Å². The Morgan fingerprint density at radius 3 is 3.00 bits per heavy atom. The van der Waals surface area contributed by atoms with Crippen molar-refractivity contribution in [2.45, 2.75) is 19.4 Å². The molecule has 92 valence electrons. The third kappa shape index (κ3) is 2.12. The molecule has 0 aliphatic heterocycles. The molecule has 3 rings (SSSR count). The molecule has 0 amide bonds. The van der Waals surface area contributed by atoms with Crippen LogP contribution in [0.4, 0.5) is 0 Å². The molecule has 0 radical (unpaired) electrons. The molecule has 0 aliphatic carbocycles. The van der Waals surface area contributed by atoms with Crippen LogP contribution >= 0.6 is 11.3 Å². The van der Waals surface area contributed by atoms with Gasteiger partial charge in [-0.1, -0.05) is 0 Å². The second kappa shape index (κ2) is 4.47. The summed E-state index contributed by atoms with van der Waals surface area (Å²) in [6.45, 7) is 1.87. The molecule has 0 bridgehead atoms. The Morgan fingerprint density at radius 2 is 2.28 bits per heavy atom. The third-order valence-corrected chi connectivity index (χ3v) is 3.46. The van der Waals surface area contributed by atoms with E-state index in [-0.39, 0.29) is 0 Å². The first-order valence-corrected chi connectivity index (χ1v) is 6.48. The average molecular weight is 260 g/mol. The van der Waals surface area contributed by atoms with Crippen LogP contribution in [0.1, 0.15) is 23.2 Å². The molecule has 1 N–H and O–H groups in total. The summed E-state index contributed by atoms with van der Waals surface area (Å²) in [5.74, 6) is 0. The lowest BCUT2D eigenvalue weighted by Crippen LogP contribution is -2.05. The smallest absolute Gasteiger partial charge is 0.193 e. The number of aromatic nitrogens is 4. The van der Waals surface area contributed by atoms with E-state index in [1.807, 2.05) is 29.1 Å². The summed E-state index contributed by atoms with van der Waals surface area (Å²) in [6.07, 6.45) is 6.93. The summed E-state index contributed by atoms with van der Waals surface area (Å²) in [4.78, 5) is 13.7. The maximum absolute atomic E-state index is 10.1. The first-order chi connectivity index (χ1) is 8.72. The standard InChI is InChI=1S/C12H12N4OS/c1-8-5-14-10(6-13-8)11(17)4-9-7-16-2-3-18-12(16)15-9/h2-3,5-7,11,17H,4H2,1H3. The molecule has 0 saturated heterocycles. The van der Waals surface area contributed by atoms with Gasteiger partial charge in [0.2, 0.25) is 0 Å². The number of thiazole rings is 1. The zero-order valence-corrected chi connectivity index (χ0v) is 10.6. The van der Waals surface area contributed by atoms with Crippen LogP contribution < -0.4 is 0 Å². The molecule has 3 aromatic heterocycles. The molecule has 0 fully saturated rings. The van der Waals surface area contributed by atoms with Gasteiger partial charge in [-0.15, -0.1) is 11.3 Å². The number of rotatable bonds is 3. The minimum absolute atomic E-state index is 0.451. The molecule has 5 nitrogen and oxygen atoms in total. The molecule has 0 aliphatic rings. The highest BCUT2D eigenvalue weighted by Gasteiger charge is 2.13. The first-order valence-electron chi connectivity index (χ1n) is 5.60. The zero-order chi connectivity index (χ0) is 12.5. The minimum Gasteiger partial charge on any atom is -0.386 e. The lowest BCUT2D eigenvalue weighted by molar-refractivity contribution is 0.172. The second-order valence-corrected chi connectivity index (χ2v) is 5.00. The van der Waals surface area contributed by atoms with Gasteiger partial charge in [0.15, 0.2) is 4.96 Å². The number of nitrogens with zero attached hydrogens (tertiary/aromatic N) is 4. The van der Waals surface area contributed by atoms with Crippen molar-refractivity contribution in [3.8, 4) is 0 Å². The van der Waals surface area contributed by atoms with E-state index in [0.29, 0.717) is 12.1 Å². The number of hydrogen-bond donors (Lipinski definition) is 1. The normalized spacial score (nSPS) is 13.0. The Labute approximate surface area is 108 Å². The molecule has 18 heavy (non-hydrogen) atoms. The molecule has 0 spiro atoms. The molecule has 1 unspecified atom stereocenters. The van der Waals surface area contributed by atoms with Crippen molar-refractivity contribution >= 4 is 16.3 Å². The van der Waals surface area contributed by atoms with Crippen LogP contribution in [0.2, 0.25) is 0 Å². The van der Waals surface area contributed by atoms with Crippen molar-refractivity contribution in [2.75, 3.05) is 0 Å². The lowest BCUT2D eigenvalue weighted by Gasteiger charge is -2.07. The highest BCUT2D eigenvalue weighted by Crippen LogP contribution is 2.17. The van der Waals surface area contributed by atoms with Crippen LogP contribution in [0.15, 0.2) is 30.2 Å². The van der Waals surface area contributed by atoms with E-state index in [4.69, 9.17) is 0 Å². The fourth-order valence-electron chi connectivity index (χ4n) is 1.75. The Kier molecular flexibility index (Phi) is 2.81. The van der Waals surface area contributed by atoms with Gasteiger partial charge in [0.1, 0.15) is 6.10 Å². The Morgan fingerprint density at radius 1 is 1.39 bits per heavy atom. The monoisotopic (exact) mass is 260 g/mol. The molecular weight excluding hydrogens is 248 g/mol. The maximum atomic E-state index is 10.1. The average Bonchev–Trinajstić information content (AvgIpc) is 2.90. The van der Waals surface area contributed by atoms with E-state index in [1.165, 1.54) is 0 Å². The largest absolute Gasteiger partial charge is 0.386 e. The molecule has 3 aromatic rings. The highest BCUT2D eigenvalue weighted by atomic mass is 32.1. The maximum Gasteiger partial charge on any atom is 0.193 e. The summed E-state index contributed by atoms with van der Waals surface area (Å²) < 4.78 is 1.95. The molecule has 0 aromatic carbocycles. The summed E-state index contributed by atoms with van der Waals surface area (Å²) >= 11 is 1.58. The number of aliphatic hydroxyl groups is 1. The number of fused-ring (bicyclic) bond motifs is 1. The van der Waals surface area contributed by atoms with Gasteiger partial charge in [0.25, 0.3) is 0 Å². The van der Waals surface area contributed by atoms with Crippen molar-refractivity contribution in [2.24, 2.45) is 0 Å². The van der Waals surface area contributed by atoms with Crippen LogP contribution in [0.3, 0.4) is 0 Å². The summed E-state index contributed by atoms with van der Waals surface area (Å²) in [7, 11) is 0. The number of aliphatic hydroxyl groups excluding tert-OH is 1. The molecular formula is C12H12N4OS. The number of hydrogen-bond acceptors (Lipinski definition) is 5. The van der Waals surface area contributed by atoms with E-state index in [0.717, 1.165) is 16.3 Å². The van der Waals surface area contributed by atoms with E-state index in [1.54, 1.807) is 23.7 Å². The van der Waals surface area contributed by atoms with E-state index >= 15 is 0 Å². The highest BCUT2D eigenvalue weighted by molar-refractivity contribution is 7.15. The molecule has 3 heterocycles. The van der Waals surface area contributed by atoms with Crippen molar-refractivity contribution in [1.82, 2.24) is 19.4 Å². The number of aryl methyl sites for hydroxylation is 1. The van der Waals surface area contributed by atoms with Crippen LogP contribution in [-0.4, -0.2) is 24.5 Å². The van der Waals surface area contributed by atoms with Crippen molar-refractivity contribution in [3.63, 3.8) is 0 Å². The Bertz CT molecular complexity index is 630. The lowest BCUT2D eigenvalue weighted by atomic mass is 10.1. The second-order valence-electron chi connectivity index (χ2n) is 4.13. The summed E-state index contributed by atoms with van der Waals surface area (Å²) in [5, 5.41) is 12.1. The molecule has 0 saturated carbocycles. The molecule has 6 heteroatoms. The van der Waals surface area contributed by atoms with Gasteiger partial charge in [-0.25, -0.2) is 4.98 Å². The molecule has 1 atom stereocenters. The topological polar surface area (TPSA) is 63.3 Å². The summed E-state index contributed by atoms with van der Waals surface area (Å²) in [6, 6.07) is 0. The van der Waals surface area contributed by atoms with Gasteiger partial charge < -0.3 is 5.11 Å². The Hall–Kier alpha value is -1.79. The fraction of sp³-hybridized carbons (Fsp3) is 0.250. The van der Waals surface area contributed by atoms with Gasteiger partial charge >= 0.3 is 0 Å². The Balaban J connectivity index is 1.79. The minimum atomic E-state index is -0.664. The summed E-state index contributed by atoms with van der Waals surface area (Å²) in [5.41, 5.74) is 2.28. The van der Waals surface area contributed by atoms with Crippen molar-refractivity contribution in [1.29, 1.82) is 0 Å². The van der Waals surface area contributed by atoms with Crippen LogP contribution in [0, 0.1) is 6.92 Å². The third-order valence-electron chi connectivity index (χ3n) is 2.69. The van der Waals surface area contributed by atoms with Crippen molar-refractivity contribution in [3.05, 3.63) is 47.2 Å².